The summed E-state index contributed by atoms with van der Waals surface area (Å²) in [5, 5.41) is 14.7. The summed E-state index contributed by atoms with van der Waals surface area (Å²) in [6.45, 7) is 8.44. The number of nitrogens with one attached hydrogen (secondary N) is 1. The van der Waals surface area contributed by atoms with Crippen molar-refractivity contribution in [3.8, 4) is 33.6 Å². The SMILES string of the molecule is CCCCOC(OCCCC)c1nc2c(cc1-c1ccccc1)nc(CCCC)n2Cc1ccc(-c2ccccc2-c2nn[nH]n2)cc1. The highest BCUT2D eigenvalue weighted by Crippen LogP contribution is 2.34. The molecule has 6 aromatic rings. The van der Waals surface area contributed by atoms with Crippen molar-refractivity contribution in [2.24, 2.45) is 0 Å². The lowest BCUT2D eigenvalue weighted by atomic mass is 9.98. The van der Waals surface area contributed by atoms with Crippen LogP contribution in [0.25, 0.3) is 44.8 Å². The molecule has 6 rings (SSSR count). The van der Waals surface area contributed by atoms with Gasteiger partial charge in [-0.05, 0) is 52.8 Å². The summed E-state index contributed by atoms with van der Waals surface area (Å²) >= 11 is 0. The summed E-state index contributed by atoms with van der Waals surface area (Å²) in [5.74, 6) is 1.62. The number of aryl methyl sites for hydroxylation is 1. The van der Waals surface area contributed by atoms with E-state index in [0.29, 0.717) is 25.6 Å². The van der Waals surface area contributed by atoms with Gasteiger partial charge in [0.1, 0.15) is 17.0 Å². The molecule has 48 heavy (non-hydrogen) atoms. The first kappa shape index (κ1) is 33.2. The number of H-pyrrole nitrogens is 1. The van der Waals surface area contributed by atoms with Crippen LogP contribution in [0.1, 0.15) is 82.7 Å². The number of hydrogen-bond acceptors (Lipinski definition) is 7. The molecule has 3 aromatic heterocycles. The van der Waals surface area contributed by atoms with E-state index in [-0.39, 0.29) is 0 Å². The second-order valence-corrected chi connectivity index (χ2v) is 12.1. The molecule has 0 bridgehead atoms. The van der Waals surface area contributed by atoms with E-state index in [2.05, 4.69) is 107 Å². The highest BCUT2D eigenvalue weighted by molar-refractivity contribution is 5.82. The summed E-state index contributed by atoms with van der Waals surface area (Å²) in [7, 11) is 0. The number of imidazole rings is 1. The second-order valence-electron chi connectivity index (χ2n) is 12.1. The highest BCUT2D eigenvalue weighted by atomic mass is 16.7. The molecule has 0 aliphatic carbocycles. The van der Waals surface area contributed by atoms with Gasteiger partial charge in [0.15, 0.2) is 5.65 Å². The smallest absolute Gasteiger partial charge is 0.205 e. The normalized spacial score (nSPS) is 11.6. The van der Waals surface area contributed by atoms with E-state index in [1.807, 2.05) is 24.3 Å². The molecule has 3 aromatic carbocycles. The number of rotatable bonds is 17. The van der Waals surface area contributed by atoms with Crippen LogP contribution >= 0.6 is 0 Å². The summed E-state index contributed by atoms with van der Waals surface area (Å²) in [4.78, 5) is 10.6. The van der Waals surface area contributed by atoms with E-state index in [9.17, 15) is 0 Å². The minimum Gasteiger partial charge on any atom is -0.347 e. The quantitative estimate of drug-likeness (QED) is 0.0781. The number of fused-ring (bicyclic) bond motifs is 1. The van der Waals surface area contributed by atoms with E-state index in [0.717, 1.165) is 95.4 Å². The number of pyridine rings is 1. The Balaban J connectivity index is 1.41. The molecule has 0 unspecified atom stereocenters. The van der Waals surface area contributed by atoms with E-state index in [4.69, 9.17) is 19.4 Å². The molecular weight excluding hydrogens is 598 g/mol. The van der Waals surface area contributed by atoms with Crippen LogP contribution in [0.2, 0.25) is 0 Å². The first-order valence-electron chi connectivity index (χ1n) is 17.3. The van der Waals surface area contributed by atoms with E-state index >= 15 is 0 Å². The molecule has 0 fully saturated rings. The zero-order chi connectivity index (χ0) is 33.1. The van der Waals surface area contributed by atoms with Gasteiger partial charge in [-0.1, -0.05) is 119 Å². The Hall–Kier alpha value is -4.73. The molecule has 0 saturated heterocycles. The third-order valence-corrected chi connectivity index (χ3v) is 8.54. The maximum Gasteiger partial charge on any atom is 0.205 e. The Morgan fingerprint density at radius 1 is 0.708 bits per heavy atom. The number of hydrogen-bond donors (Lipinski definition) is 1. The summed E-state index contributed by atoms with van der Waals surface area (Å²) < 4.78 is 15.1. The van der Waals surface area contributed by atoms with Crippen LogP contribution in [0.3, 0.4) is 0 Å². The molecule has 248 valence electrons. The van der Waals surface area contributed by atoms with Gasteiger partial charge < -0.3 is 14.0 Å². The average Bonchev–Trinajstić information content (AvgIpc) is 3.79. The van der Waals surface area contributed by atoms with Gasteiger partial charge in [-0.25, -0.2) is 9.97 Å². The average molecular weight is 644 g/mol. The monoisotopic (exact) mass is 643 g/mol. The van der Waals surface area contributed by atoms with Gasteiger partial charge in [0.2, 0.25) is 12.1 Å². The van der Waals surface area contributed by atoms with Crippen LogP contribution < -0.4 is 0 Å². The maximum atomic E-state index is 6.42. The van der Waals surface area contributed by atoms with Crippen molar-refractivity contribution >= 4 is 11.2 Å². The van der Waals surface area contributed by atoms with Gasteiger partial charge in [0.25, 0.3) is 0 Å². The fourth-order valence-corrected chi connectivity index (χ4v) is 5.88. The van der Waals surface area contributed by atoms with Crippen molar-refractivity contribution in [1.82, 2.24) is 35.2 Å². The number of aromatic amines is 1. The molecule has 0 atom stereocenters. The second kappa shape index (κ2) is 16.4. The van der Waals surface area contributed by atoms with Crippen LogP contribution in [-0.4, -0.2) is 48.4 Å². The third kappa shape index (κ3) is 7.69. The van der Waals surface area contributed by atoms with Crippen molar-refractivity contribution in [2.45, 2.75) is 78.6 Å². The fraction of sp³-hybridized carbons (Fsp3) is 0.359. The first-order valence-corrected chi connectivity index (χ1v) is 17.3. The number of unbranched alkanes of at least 4 members (excludes halogenated alkanes) is 3. The van der Waals surface area contributed by atoms with E-state index in [1.165, 1.54) is 5.56 Å². The lowest BCUT2D eigenvalue weighted by Crippen LogP contribution is -2.15. The van der Waals surface area contributed by atoms with Gasteiger partial charge in [-0.15, -0.1) is 10.2 Å². The van der Waals surface area contributed by atoms with Gasteiger partial charge in [0.05, 0.1) is 19.8 Å². The van der Waals surface area contributed by atoms with Crippen molar-refractivity contribution in [3.05, 3.63) is 102 Å². The van der Waals surface area contributed by atoms with Crippen molar-refractivity contribution < 1.29 is 9.47 Å². The summed E-state index contributed by atoms with van der Waals surface area (Å²) in [5.41, 5.74) is 8.86. The lowest BCUT2D eigenvalue weighted by molar-refractivity contribution is -0.149. The predicted octanol–water partition coefficient (Wildman–Crippen LogP) is 8.97. The Labute approximate surface area is 282 Å². The molecule has 0 saturated carbocycles. The van der Waals surface area contributed by atoms with Crippen LogP contribution in [0, 0.1) is 0 Å². The van der Waals surface area contributed by atoms with Crippen LogP contribution in [0.15, 0.2) is 84.9 Å². The van der Waals surface area contributed by atoms with Crippen LogP contribution in [0.5, 0.6) is 0 Å². The largest absolute Gasteiger partial charge is 0.347 e. The van der Waals surface area contributed by atoms with Gasteiger partial charge in [-0.3, -0.25) is 0 Å². The Bertz CT molecular complexity index is 1860. The van der Waals surface area contributed by atoms with Gasteiger partial charge in [-0.2, -0.15) is 5.21 Å². The summed E-state index contributed by atoms with van der Waals surface area (Å²) in [6.07, 6.45) is 6.48. The molecule has 0 amide bonds. The van der Waals surface area contributed by atoms with Crippen LogP contribution in [0.4, 0.5) is 0 Å². The van der Waals surface area contributed by atoms with Crippen molar-refractivity contribution in [1.29, 1.82) is 0 Å². The minimum absolute atomic E-state index is 0.566. The molecular formula is C39H45N7O2. The molecule has 0 aliphatic heterocycles. The molecule has 3 heterocycles. The minimum atomic E-state index is -0.566. The van der Waals surface area contributed by atoms with Crippen molar-refractivity contribution in [2.75, 3.05) is 13.2 Å². The lowest BCUT2D eigenvalue weighted by Gasteiger charge is -2.21. The number of benzene rings is 3. The molecule has 9 heteroatoms. The zero-order valence-electron chi connectivity index (χ0n) is 28.2. The van der Waals surface area contributed by atoms with Crippen LogP contribution in [-0.2, 0) is 22.4 Å². The zero-order valence-corrected chi connectivity index (χ0v) is 28.2. The predicted molar refractivity (Wildman–Crippen MR) is 190 cm³/mol. The standard InChI is InChI=1S/C39H45N7O2/c1-4-7-19-35-40-34-26-33(29-15-11-10-12-16-29)36(39(47-24-8-5-2)48-25-9-6-3)41-38(34)46(35)27-28-20-22-30(23-21-28)31-17-13-14-18-32(31)37-42-44-45-43-37/h10-18,20-23,26,39H,4-9,19,24-25,27H2,1-3H3,(H,42,43,44,45). The molecule has 0 spiro atoms. The molecule has 0 radical (unpaired) electrons. The molecule has 9 nitrogen and oxygen atoms in total. The van der Waals surface area contributed by atoms with E-state index < -0.39 is 6.29 Å². The highest BCUT2D eigenvalue weighted by Gasteiger charge is 2.24. The van der Waals surface area contributed by atoms with E-state index in [1.54, 1.807) is 0 Å². The topological polar surface area (TPSA) is 104 Å². The van der Waals surface area contributed by atoms with Gasteiger partial charge >= 0.3 is 0 Å². The third-order valence-electron chi connectivity index (χ3n) is 8.54. The number of ether oxygens (including phenoxy) is 2. The molecule has 0 aliphatic rings. The maximum absolute atomic E-state index is 6.42. The fourth-order valence-electron chi connectivity index (χ4n) is 5.88. The number of nitrogens with zero attached hydrogens (tertiary/aromatic N) is 6. The molecule has 1 N–H and O–H groups in total. The Morgan fingerprint density at radius 2 is 1.38 bits per heavy atom. The number of tetrazole rings is 1. The first-order chi connectivity index (χ1) is 23.7. The Morgan fingerprint density at radius 3 is 2.04 bits per heavy atom. The number of aromatic nitrogens is 7. The van der Waals surface area contributed by atoms with Gasteiger partial charge in [0, 0.05) is 17.5 Å². The Kier molecular flexibility index (Phi) is 11.3. The summed E-state index contributed by atoms with van der Waals surface area (Å²) in [6, 6.07) is 29.4. The van der Waals surface area contributed by atoms with Crippen molar-refractivity contribution in [3.63, 3.8) is 0 Å².